The van der Waals surface area contributed by atoms with Crippen LogP contribution in [0, 0.1) is 48.5 Å². The summed E-state index contributed by atoms with van der Waals surface area (Å²) in [5, 5.41) is 0. The highest BCUT2D eigenvalue weighted by molar-refractivity contribution is 5.72. The van der Waals surface area contributed by atoms with Crippen molar-refractivity contribution in [1.29, 1.82) is 0 Å². The van der Waals surface area contributed by atoms with Gasteiger partial charge in [0, 0.05) is 81.4 Å². The Bertz CT molecular complexity index is 3040. The van der Waals surface area contributed by atoms with Gasteiger partial charge in [-0.25, -0.2) is 15.0 Å². The number of carbonyl (C=O) groups excluding carboxylic acids is 1. The molecule has 67 heavy (non-hydrogen) atoms. The van der Waals surface area contributed by atoms with E-state index in [4.69, 9.17) is 4.98 Å². The van der Waals surface area contributed by atoms with Crippen LogP contribution in [0.25, 0.3) is 45.9 Å². The van der Waals surface area contributed by atoms with Gasteiger partial charge < -0.3 is 13.7 Å². The maximum atomic E-state index is 10.6. The number of rotatable bonds is 9. The maximum absolute atomic E-state index is 10.6. The lowest BCUT2D eigenvalue weighted by Gasteiger charge is -2.05. The lowest BCUT2D eigenvalue weighted by atomic mass is 10.2. The van der Waals surface area contributed by atoms with Crippen molar-refractivity contribution in [1.82, 2.24) is 58.6 Å². The van der Waals surface area contributed by atoms with Gasteiger partial charge in [-0.05, 0) is 67.0 Å². The Morgan fingerprint density at radius 1 is 0.433 bits per heavy atom. The van der Waals surface area contributed by atoms with Gasteiger partial charge in [-0.1, -0.05) is 91.0 Å². The number of aldehydes is 1. The first-order chi connectivity index (χ1) is 32.3. The van der Waals surface area contributed by atoms with Crippen LogP contribution in [0.5, 0.6) is 0 Å². The topological polar surface area (TPSA) is 148 Å². The number of hydrogen-bond acceptors (Lipinski definition) is 10. The van der Waals surface area contributed by atoms with Gasteiger partial charge in [-0.15, -0.1) is 0 Å². The summed E-state index contributed by atoms with van der Waals surface area (Å²) >= 11 is 0. The Hall–Kier alpha value is -8.06. The summed E-state index contributed by atoms with van der Waals surface area (Å²) < 4.78 is 5.83. The van der Waals surface area contributed by atoms with E-state index in [1.165, 1.54) is 0 Å². The molecule has 0 aliphatic heterocycles. The highest BCUT2D eigenvalue weighted by atomic mass is 16.1. The number of aryl methyl sites for hydroxylation is 12. The molecule has 9 rings (SSSR count). The number of aromatic nitrogens is 12. The third-order valence-electron chi connectivity index (χ3n) is 10.7. The van der Waals surface area contributed by atoms with Crippen LogP contribution in [0.3, 0.4) is 0 Å². The normalized spacial score (nSPS) is 10.7. The summed E-state index contributed by atoms with van der Waals surface area (Å²) in [5.74, 6) is 2.41. The third-order valence-corrected chi connectivity index (χ3v) is 10.7. The van der Waals surface area contributed by atoms with E-state index in [9.17, 15) is 4.79 Å². The molecule has 0 saturated carbocycles. The highest BCUT2D eigenvalue weighted by Crippen LogP contribution is 2.21. The van der Waals surface area contributed by atoms with E-state index in [1.54, 1.807) is 17.0 Å². The molecule has 0 N–H and O–H groups in total. The Kier molecular flexibility index (Phi) is 16.8. The van der Waals surface area contributed by atoms with E-state index < -0.39 is 0 Å². The largest absolute Gasteiger partial charge is 0.337 e. The quantitative estimate of drug-likeness (QED) is 0.128. The molecule has 0 aliphatic carbocycles. The minimum atomic E-state index is 0.448. The van der Waals surface area contributed by atoms with Crippen LogP contribution in [0.4, 0.5) is 0 Å². The van der Waals surface area contributed by atoms with E-state index in [0.717, 1.165) is 116 Å². The molecule has 13 nitrogen and oxygen atoms in total. The van der Waals surface area contributed by atoms with Crippen LogP contribution >= 0.6 is 0 Å². The van der Waals surface area contributed by atoms with Gasteiger partial charge >= 0.3 is 0 Å². The second-order valence-electron chi connectivity index (χ2n) is 16.1. The fourth-order valence-electron chi connectivity index (χ4n) is 6.79. The Balaban J connectivity index is 0.000000155. The lowest BCUT2D eigenvalue weighted by Crippen LogP contribution is -2.04. The number of imidazole rings is 3. The van der Waals surface area contributed by atoms with Crippen LogP contribution < -0.4 is 0 Å². The van der Waals surface area contributed by atoms with Crippen molar-refractivity contribution in [2.24, 2.45) is 21.1 Å². The SMILES string of the molecule is Cc1cnc(C)c(/C=C/c2nc(-c3ccccc3)cn2C)n1.Cc1cnc(C)c(C)n1.Cc1cnc(C)c(CCc2nc(-c3ccccc3)cn2C)n1.Cn1cc(-c2ccccc2)nc1C=O. The molecule has 6 heterocycles. The second-order valence-corrected chi connectivity index (χ2v) is 16.1. The Morgan fingerprint density at radius 2 is 0.881 bits per heavy atom. The van der Waals surface area contributed by atoms with E-state index >= 15 is 0 Å². The average Bonchev–Trinajstić information content (AvgIpc) is 4.04. The molecule has 0 amide bonds. The zero-order chi connectivity index (χ0) is 47.9. The molecule has 0 spiro atoms. The van der Waals surface area contributed by atoms with Gasteiger partial charge in [0.25, 0.3) is 0 Å². The molecule has 3 aromatic carbocycles. The van der Waals surface area contributed by atoms with Crippen LogP contribution in [0.15, 0.2) is 128 Å². The van der Waals surface area contributed by atoms with Crippen molar-refractivity contribution in [3.05, 3.63) is 197 Å². The summed E-state index contributed by atoms with van der Waals surface area (Å²) in [7, 11) is 5.85. The molecule has 340 valence electrons. The summed E-state index contributed by atoms with van der Waals surface area (Å²) in [5.41, 5.74) is 14.9. The molecule has 0 saturated heterocycles. The minimum Gasteiger partial charge on any atom is -0.337 e. The standard InChI is InChI=1S/C18H20N4.C18H18N4.C11H10N2O.C7H10N2/c2*1-13-11-19-14(2)16(20-13)9-10-18-21-17(12-22(18)3)15-7-5-4-6-8-15;1-13-7-10(12-11(13)8-14)9-5-3-2-4-6-9;1-5-4-8-6(2)7(3)9-5/h4-8,11-12H,9-10H2,1-3H3;4-12H,1-3H3;2-8H,1H3;4H,1-3H3/b;10-9+;;. The first-order valence-electron chi connectivity index (χ1n) is 22.0. The van der Waals surface area contributed by atoms with E-state index in [2.05, 4.69) is 74.9 Å². The van der Waals surface area contributed by atoms with Crippen molar-refractivity contribution in [3.63, 3.8) is 0 Å². The number of nitrogens with zero attached hydrogens (tertiary/aromatic N) is 12. The zero-order valence-corrected chi connectivity index (χ0v) is 40.0. The van der Waals surface area contributed by atoms with Crippen LogP contribution in [-0.4, -0.2) is 64.8 Å². The number of carbonyl (C=O) groups is 1. The van der Waals surface area contributed by atoms with Gasteiger partial charge in [0.15, 0.2) is 12.1 Å². The zero-order valence-electron chi connectivity index (χ0n) is 40.0. The van der Waals surface area contributed by atoms with Gasteiger partial charge in [0.05, 0.1) is 68.3 Å². The predicted molar refractivity (Wildman–Crippen MR) is 267 cm³/mol. The Labute approximate surface area is 393 Å². The molecule has 0 bridgehead atoms. The molecule has 0 aliphatic rings. The van der Waals surface area contributed by atoms with E-state index in [-0.39, 0.29) is 0 Å². The van der Waals surface area contributed by atoms with E-state index in [1.807, 2.05) is 172 Å². The molecule has 9 aromatic rings. The van der Waals surface area contributed by atoms with E-state index in [0.29, 0.717) is 5.82 Å². The smallest absolute Gasteiger partial charge is 0.185 e. The summed E-state index contributed by atoms with van der Waals surface area (Å²) in [6.45, 7) is 13.8. The van der Waals surface area contributed by atoms with Crippen LogP contribution in [0.2, 0.25) is 0 Å². The lowest BCUT2D eigenvalue weighted by molar-refractivity contribution is 0.111. The molecule has 0 fully saturated rings. The minimum absolute atomic E-state index is 0.448. The Morgan fingerprint density at radius 3 is 1.39 bits per heavy atom. The second kappa shape index (κ2) is 23.2. The fraction of sp³-hybridized carbons (Fsp3) is 0.222. The van der Waals surface area contributed by atoms with Gasteiger partial charge in [0.2, 0.25) is 0 Å². The van der Waals surface area contributed by atoms with Gasteiger partial charge in [0.1, 0.15) is 11.6 Å². The molecule has 6 aromatic heterocycles. The van der Waals surface area contributed by atoms with Gasteiger partial charge in [-0.3, -0.25) is 34.7 Å². The van der Waals surface area contributed by atoms with Crippen molar-refractivity contribution in [2.45, 2.75) is 61.3 Å². The number of hydrogen-bond donors (Lipinski definition) is 0. The van der Waals surface area contributed by atoms with Crippen molar-refractivity contribution >= 4 is 18.4 Å². The highest BCUT2D eigenvalue weighted by Gasteiger charge is 2.10. The van der Waals surface area contributed by atoms with Crippen LogP contribution in [-0.2, 0) is 34.0 Å². The summed E-state index contributed by atoms with van der Waals surface area (Å²) in [6.07, 6.45) is 17.8. The molecular formula is C54H58N12O. The molecule has 0 unspecified atom stereocenters. The number of benzene rings is 3. The summed E-state index contributed by atoms with van der Waals surface area (Å²) in [6, 6.07) is 30.2. The molecule has 13 heteroatoms. The summed E-state index contributed by atoms with van der Waals surface area (Å²) in [4.78, 5) is 50.3. The first-order valence-corrected chi connectivity index (χ1v) is 22.0. The predicted octanol–water partition coefficient (Wildman–Crippen LogP) is 10.2. The van der Waals surface area contributed by atoms with Crippen molar-refractivity contribution in [3.8, 4) is 33.8 Å². The fourth-order valence-corrected chi connectivity index (χ4v) is 6.79. The van der Waals surface area contributed by atoms with Crippen molar-refractivity contribution in [2.75, 3.05) is 0 Å². The van der Waals surface area contributed by atoms with Crippen molar-refractivity contribution < 1.29 is 4.79 Å². The molecule has 0 atom stereocenters. The molecule has 0 radical (unpaired) electrons. The monoisotopic (exact) mass is 890 g/mol. The first kappa shape index (κ1) is 48.4. The average molecular weight is 891 g/mol. The van der Waals surface area contributed by atoms with Crippen LogP contribution in [0.1, 0.15) is 73.5 Å². The third kappa shape index (κ3) is 13.7. The van der Waals surface area contributed by atoms with Gasteiger partial charge in [-0.2, -0.15) is 0 Å². The molecular weight excluding hydrogens is 833 g/mol. The maximum Gasteiger partial charge on any atom is 0.185 e.